The molecule has 0 N–H and O–H groups in total. The third kappa shape index (κ3) is 4.41. The largest absolute Gasteiger partial charge is 0.508 e. The van der Waals surface area contributed by atoms with Gasteiger partial charge in [-0.2, -0.15) is 12.1 Å². The third-order valence-electron chi connectivity index (χ3n) is 7.13. The summed E-state index contributed by atoms with van der Waals surface area (Å²) in [6.45, 7) is 6.46. The molecule has 0 aliphatic heterocycles. The maximum atomic E-state index is 6.36. The van der Waals surface area contributed by atoms with Gasteiger partial charge >= 0.3 is 0 Å². The number of hydrogen-bond acceptors (Lipinski definition) is 2. The number of aromatic nitrogens is 4. The minimum absolute atomic E-state index is 0. The van der Waals surface area contributed by atoms with Crippen LogP contribution in [-0.2, 0) is 21.1 Å². The van der Waals surface area contributed by atoms with Gasteiger partial charge in [-0.15, -0.1) is 29.7 Å². The van der Waals surface area contributed by atoms with Crippen molar-refractivity contribution >= 4 is 32.8 Å². The number of rotatable bonds is 5. The summed E-state index contributed by atoms with van der Waals surface area (Å²) in [5, 5.41) is 2.26. The van der Waals surface area contributed by atoms with E-state index in [-0.39, 0.29) is 21.1 Å². The predicted octanol–water partition coefficient (Wildman–Crippen LogP) is 8.48. The SMILES string of the molecule is Cc1ccnc(-n2c3[c-]c(Oc4[c-]c(-n5[cH+]n(C(C)C)c6ccccc65)ccc4)ccc3c3ccccc32)c1.[Pt]. The number of aryl methyl sites for hydroxylation is 1. The average Bonchev–Trinajstić information content (AvgIpc) is 3.50. The Hall–Kier alpha value is -4.21. The molecule has 7 aromatic rings. The van der Waals surface area contributed by atoms with Crippen LogP contribution in [0, 0.1) is 19.1 Å². The van der Waals surface area contributed by atoms with Gasteiger partial charge in [0, 0.05) is 62.1 Å². The van der Waals surface area contributed by atoms with Crippen molar-refractivity contribution in [3.63, 3.8) is 0 Å². The number of para-hydroxylation sites is 3. The van der Waals surface area contributed by atoms with Crippen molar-refractivity contribution in [2.45, 2.75) is 26.8 Å². The Kier molecular flexibility index (Phi) is 6.77. The molecule has 3 aromatic heterocycles. The van der Waals surface area contributed by atoms with E-state index in [0.717, 1.165) is 44.4 Å². The molecule has 5 nitrogen and oxygen atoms in total. The maximum absolute atomic E-state index is 6.36. The van der Waals surface area contributed by atoms with E-state index in [4.69, 9.17) is 4.74 Å². The second-order valence-corrected chi connectivity index (χ2v) is 10.1. The first-order valence-electron chi connectivity index (χ1n) is 13.2. The number of benzene rings is 4. The molecule has 0 radical (unpaired) electrons. The van der Waals surface area contributed by atoms with Crippen LogP contribution >= 0.6 is 0 Å². The molecule has 0 saturated carbocycles. The van der Waals surface area contributed by atoms with Gasteiger partial charge < -0.3 is 9.30 Å². The fourth-order valence-corrected chi connectivity index (χ4v) is 5.31. The number of imidazole rings is 1. The van der Waals surface area contributed by atoms with E-state index >= 15 is 0 Å². The molecule has 0 fully saturated rings. The predicted molar refractivity (Wildman–Crippen MR) is 157 cm³/mol. The van der Waals surface area contributed by atoms with Crippen molar-refractivity contribution in [1.82, 2.24) is 18.7 Å². The molecule has 3 heterocycles. The van der Waals surface area contributed by atoms with E-state index < -0.39 is 0 Å². The molecule has 0 spiro atoms. The van der Waals surface area contributed by atoms with Crippen LogP contribution in [0.15, 0.2) is 104 Å². The van der Waals surface area contributed by atoms with Crippen LogP contribution in [0.1, 0.15) is 25.5 Å². The van der Waals surface area contributed by atoms with Gasteiger partial charge in [-0.05, 0) is 62.1 Å². The summed E-state index contributed by atoms with van der Waals surface area (Å²) < 4.78 is 13.0. The molecule has 0 aliphatic carbocycles. The van der Waals surface area contributed by atoms with Gasteiger partial charge in [0.2, 0.25) is 0 Å². The normalized spacial score (nSPS) is 11.4. The molecule has 0 saturated heterocycles. The summed E-state index contributed by atoms with van der Waals surface area (Å²) in [6.07, 6.45) is 3.98. The van der Waals surface area contributed by atoms with Crippen LogP contribution in [0.4, 0.5) is 0 Å². The van der Waals surface area contributed by atoms with Crippen molar-refractivity contribution in [1.29, 1.82) is 0 Å². The van der Waals surface area contributed by atoms with Crippen LogP contribution in [0.3, 0.4) is 0 Å². The topological polar surface area (TPSA) is 36.9 Å². The van der Waals surface area contributed by atoms with E-state index in [9.17, 15) is 0 Å². The summed E-state index contributed by atoms with van der Waals surface area (Å²) >= 11 is 0. The Balaban J connectivity index is 0.00000289. The molecular formula is C34H27N4OPt-. The van der Waals surface area contributed by atoms with Crippen LogP contribution < -0.4 is 4.74 Å². The van der Waals surface area contributed by atoms with Crippen molar-refractivity contribution < 1.29 is 25.8 Å². The Morgan fingerprint density at radius 3 is 2.33 bits per heavy atom. The Morgan fingerprint density at radius 1 is 0.775 bits per heavy atom. The maximum Gasteiger partial charge on any atom is 0.188 e. The van der Waals surface area contributed by atoms with E-state index in [1.165, 1.54) is 5.52 Å². The van der Waals surface area contributed by atoms with Crippen LogP contribution in [0.2, 0.25) is 0 Å². The van der Waals surface area contributed by atoms with Crippen molar-refractivity contribution in [3.05, 3.63) is 121 Å². The second kappa shape index (κ2) is 10.4. The molecule has 0 unspecified atom stereocenters. The van der Waals surface area contributed by atoms with Gasteiger partial charge in [-0.25, -0.2) is 14.1 Å². The van der Waals surface area contributed by atoms with Gasteiger partial charge in [-0.3, -0.25) is 0 Å². The van der Waals surface area contributed by atoms with E-state index in [1.807, 2.05) is 30.5 Å². The van der Waals surface area contributed by atoms with E-state index in [2.05, 4.69) is 125 Å². The first-order valence-corrected chi connectivity index (χ1v) is 13.2. The molecule has 0 aliphatic rings. The Morgan fingerprint density at radius 2 is 1.52 bits per heavy atom. The molecule has 0 amide bonds. The van der Waals surface area contributed by atoms with Crippen LogP contribution in [-0.4, -0.2) is 18.7 Å². The van der Waals surface area contributed by atoms with E-state index in [1.54, 1.807) is 0 Å². The molecule has 40 heavy (non-hydrogen) atoms. The fraction of sp³-hybridized carbons (Fsp3) is 0.118. The number of ether oxygens (including phenoxy) is 1. The summed E-state index contributed by atoms with van der Waals surface area (Å²) in [4.78, 5) is 4.67. The number of nitrogens with zero attached hydrogens (tertiary/aromatic N) is 4. The second-order valence-electron chi connectivity index (χ2n) is 10.1. The van der Waals surface area contributed by atoms with Gasteiger partial charge in [0.05, 0.1) is 6.04 Å². The zero-order valence-corrected chi connectivity index (χ0v) is 24.7. The third-order valence-corrected chi connectivity index (χ3v) is 7.13. The first kappa shape index (κ1) is 26.0. The smallest absolute Gasteiger partial charge is 0.188 e. The van der Waals surface area contributed by atoms with Crippen LogP contribution in [0.5, 0.6) is 11.5 Å². The monoisotopic (exact) mass is 702 g/mol. The molecule has 200 valence electrons. The zero-order chi connectivity index (χ0) is 26.5. The zero-order valence-electron chi connectivity index (χ0n) is 22.4. The van der Waals surface area contributed by atoms with Gasteiger partial charge in [0.15, 0.2) is 17.4 Å². The Labute approximate surface area is 247 Å². The van der Waals surface area contributed by atoms with Crippen molar-refractivity contribution in [3.8, 4) is 23.0 Å². The molecule has 7 rings (SSSR count). The molecule has 4 aromatic carbocycles. The molecule has 0 bridgehead atoms. The minimum Gasteiger partial charge on any atom is -0.508 e. The summed E-state index contributed by atoms with van der Waals surface area (Å²) in [6, 6.07) is 38.3. The number of pyridine rings is 1. The average molecular weight is 703 g/mol. The minimum atomic E-state index is 0. The number of fused-ring (bicyclic) bond motifs is 4. The van der Waals surface area contributed by atoms with Crippen LogP contribution in [0.25, 0.3) is 44.3 Å². The summed E-state index contributed by atoms with van der Waals surface area (Å²) in [5.74, 6) is 2.12. The van der Waals surface area contributed by atoms with Gasteiger partial charge in [0.25, 0.3) is 0 Å². The fourth-order valence-electron chi connectivity index (χ4n) is 5.31. The summed E-state index contributed by atoms with van der Waals surface area (Å²) in [5.41, 5.74) is 6.40. The Bertz CT molecular complexity index is 2000. The first-order chi connectivity index (χ1) is 19.1. The van der Waals surface area contributed by atoms with Gasteiger partial charge in [0.1, 0.15) is 5.82 Å². The number of hydrogen-bond donors (Lipinski definition) is 0. The molecule has 6 heteroatoms. The molecule has 0 atom stereocenters. The van der Waals surface area contributed by atoms with E-state index in [0.29, 0.717) is 17.5 Å². The molecular weight excluding hydrogens is 675 g/mol. The van der Waals surface area contributed by atoms with Crippen molar-refractivity contribution in [2.24, 2.45) is 0 Å². The van der Waals surface area contributed by atoms with Crippen molar-refractivity contribution in [2.75, 3.05) is 0 Å². The quantitative estimate of drug-likeness (QED) is 0.169. The van der Waals surface area contributed by atoms with Gasteiger partial charge in [-0.1, -0.05) is 29.8 Å². The summed E-state index contributed by atoms with van der Waals surface area (Å²) in [7, 11) is 0. The standard InChI is InChI=1S/C34H27N4O.Pt/c1-23(2)36-22-37(32-14-7-6-13-31(32)36)25-9-8-10-26(20-25)39-27-15-16-29-28-11-4-5-12-30(28)38(33(29)21-27)34-19-24(3)17-18-35-34;/h4-19,22-23H,1-3H3;/q-1;.